The second-order valence-electron chi connectivity index (χ2n) is 6.32. The summed E-state index contributed by atoms with van der Waals surface area (Å²) in [5.41, 5.74) is 0. The molecule has 1 aliphatic heterocycles. The SMILES string of the molecule is CCCN(CC1CCCCC1)C(=O)[C@@H]1CC[C@H](C(=O)O)O1. The lowest BCUT2D eigenvalue weighted by atomic mass is 9.89. The number of aliphatic carboxylic acids is 1. The van der Waals surface area contributed by atoms with Crippen molar-refractivity contribution >= 4 is 11.9 Å². The van der Waals surface area contributed by atoms with Gasteiger partial charge in [-0.2, -0.15) is 0 Å². The molecule has 5 heteroatoms. The highest BCUT2D eigenvalue weighted by atomic mass is 16.5. The van der Waals surface area contributed by atoms with Crippen molar-refractivity contribution in [1.82, 2.24) is 4.90 Å². The maximum absolute atomic E-state index is 12.6. The molecule has 2 aliphatic rings. The number of amides is 1. The van der Waals surface area contributed by atoms with Gasteiger partial charge in [-0.15, -0.1) is 0 Å². The Labute approximate surface area is 126 Å². The summed E-state index contributed by atoms with van der Waals surface area (Å²) >= 11 is 0. The monoisotopic (exact) mass is 297 g/mol. The lowest BCUT2D eigenvalue weighted by molar-refractivity contribution is -0.155. The van der Waals surface area contributed by atoms with Crippen molar-refractivity contribution in [2.75, 3.05) is 13.1 Å². The zero-order valence-corrected chi connectivity index (χ0v) is 12.9. The summed E-state index contributed by atoms with van der Waals surface area (Å²) in [4.78, 5) is 25.4. The highest BCUT2D eigenvalue weighted by Crippen LogP contribution is 2.26. The number of hydrogen-bond donors (Lipinski definition) is 1. The van der Waals surface area contributed by atoms with Crippen LogP contribution in [0.25, 0.3) is 0 Å². The first-order valence-corrected chi connectivity index (χ1v) is 8.29. The van der Waals surface area contributed by atoms with Crippen LogP contribution >= 0.6 is 0 Å². The predicted octanol–water partition coefficient (Wildman–Crippen LogP) is 2.44. The number of carbonyl (C=O) groups excluding carboxylic acids is 1. The lowest BCUT2D eigenvalue weighted by Crippen LogP contribution is -2.43. The van der Waals surface area contributed by atoms with E-state index in [-0.39, 0.29) is 5.91 Å². The minimum Gasteiger partial charge on any atom is -0.479 e. The van der Waals surface area contributed by atoms with Gasteiger partial charge in [-0.05, 0) is 38.0 Å². The highest BCUT2D eigenvalue weighted by molar-refractivity contribution is 5.82. The number of nitrogens with zero attached hydrogens (tertiary/aromatic N) is 1. The fraction of sp³-hybridized carbons (Fsp3) is 0.875. The molecule has 5 nitrogen and oxygen atoms in total. The number of carboxylic acid groups (broad SMARTS) is 1. The molecule has 1 saturated heterocycles. The molecular weight excluding hydrogens is 270 g/mol. The van der Waals surface area contributed by atoms with E-state index in [0.717, 1.165) is 19.5 Å². The lowest BCUT2D eigenvalue weighted by Gasteiger charge is -2.31. The summed E-state index contributed by atoms with van der Waals surface area (Å²) < 4.78 is 5.41. The van der Waals surface area contributed by atoms with Gasteiger partial charge in [-0.1, -0.05) is 26.2 Å². The second kappa shape index (κ2) is 7.78. The number of carboxylic acids is 1. The van der Waals surface area contributed by atoms with Crippen LogP contribution in [-0.2, 0) is 14.3 Å². The molecule has 21 heavy (non-hydrogen) atoms. The maximum atomic E-state index is 12.6. The largest absolute Gasteiger partial charge is 0.479 e. The first-order valence-electron chi connectivity index (χ1n) is 8.29. The van der Waals surface area contributed by atoms with Crippen LogP contribution in [0.3, 0.4) is 0 Å². The van der Waals surface area contributed by atoms with Crippen molar-refractivity contribution in [1.29, 1.82) is 0 Å². The summed E-state index contributed by atoms with van der Waals surface area (Å²) in [6.45, 7) is 3.62. The zero-order valence-electron chi connectivity index (χ0n) is 12.9. The van der Waals surface area contributed by atoms with E-state index in [9.17, 15) is 9.59 Å². The van der Waals surface area contributed by atoms with E-state index in [1.54, 1.807) is 0 Å². The van der Waals surface area contributed by atoms with Gasteiger partial charge in [0.2, 0.25) is 0 Å². The number of carbonyl (C=O) groups is 2. The summed E-state index contributed by atoms with van der Waals surface area (Å²) in [5, 5.41) is 8.97. The van der Waals surface area contributed by atoms with E-state index in [1.165, 1.54) is 32.1 Å². The molecule has 0 spiro atoms. The molecule has 0 aromatic heterocycles. The maximum Gasteiger partial charge on any atom is 0.332 e. The van der Waals surface area contributed by atoms with Crippen LogP contribution in [0.2, 0.25) is 0 Å². The average molecular weight is 297 g/mol. The van der Waals surface area contributed by atoms with Crippen molar-refractivity contribution in [3.8, 4) is 0 Å². The van der Waals surface area contributed by atoms with E-state index >= 15 is 0 Å². The number of rotatable bonds is 6. The standard InChI is InChI=1S/C16H27NO4/c1-2-10-17(11-12-6-4-3-5-7-12)15(18)13-8-9-14(21-13)16(19)20/h12-14H,2-11H2,1H3,(H,19,20)/t13-,14+/m0/s1. The first kappa shape index (κ1) is 16.3. The Bertz CT molecular complexity index is 365. The molecule has 0 bridgehead atoms. The number of hydrogen-bond acceptors (Lipinski definition) is 3. The molecule has 2 rings (SSSR count). The third-order valence-electron chi connectivity index (χ3n) is 4.58. The van der Waals surface area contributed by atoms with Crippen LogP contribution in [0.15, 0.2) is 0 Å². The molecule has 2 fully saturated rings. The van der Waals surface area contributed by atoms with Crippen LogP contribution in [0.5, 0.6) is 0 Å². The topological polar surface area (TPSA) is 66.8 Å². The highest BCUT2D eigenvalue weighted by Gasteiger charge is 2.37. The normalized spacial score (nSPS) is 26.7. The molecule has 0 aromatic rings. The van der Waals surface area contributed by atoms with Crippen LogP contribution < -0.4 is 0 Å². The van der Waals surface area contributed by atoms with Gasteiger partial charge >= 0.3 is 5.97 Å². The molecule has 1 saturated carbocycles. The predicted molar refractivity (Wildman–Crippen MR) is 79.0 cm³/mol. The number of ether oxygens (including phenoxy) is 1. The van der Waals surface area contributed by atoms with Gasteiger partial charge in [0.05, 0.1) is 0 Å². The van der Waals surface area contributed by atoms with Gasteiger partial charge in [0, 0.05) is 13.1 Å². The minimum atomic E-state index is -0.959. The van der Waals surface area contributed by atoms with E-state index in [1.807, 2.05) is 4.90 Å². The Morgan fingerprint density at radius 1 is 1.10 bits per heavy atom. The summed E-state index contributed by atoms with van der Waals surface area (Å²) in [5.74, 6) is -0.364. The zero-order chi connectivity index (χ0) is 15.2. The average Bonchev–Trinajstić information content (AvgIpc) is 2.97. The fourth-order valence-corrected chi connectivity index (χ4v) is 3.45. The third kappa shape index (κ3) is 4.43. The van der Waals surface area contributed by atoms with E-state index in [2.05, 4.69) is 6.92 Å². The smallest absolute Gasteiger partial charge is 0.332 e. The summed E-state index contributed by atoms with van der Waals surface area (Å²) in [6.07, 6.45) is 6.78. The molecular formula is C16H27NO4. The Morgan fingerprint density at radius 2 is 1.76 bits per heavy atom. The molecule has 0 radical (unpaired) electrons. The molecule has 1 N–H and O–H groups in total. The summed E-state index contributed by atoms with van der Waals surface area (Å²) in [6, 6.07) is 0. The van der Waals surface area contributed by atoms with Gasteiger partial charge in [-0.25, -0.2) is 4.79 Å². The third-order valence-corrected chi connectivity index (χ3v) is 4.58. The van der Waals surface area contributed by atoms with Gasteiger partial charge < -0.3 is 14.7 Å². The first-order chi connectivity index (χ1) is 10.1. The van der Waals surface area contributed by atoms with E-state index in [0.29, 0.717) is 18.8 Å². The molecule has 0 aromatic carbocycles. The molecule has 1 heterocycles. The van der Waals surface area contributed by atoms with E-state index < -0.39 is 18.2 Å². The minimum absolute atomic E-state index is 0.00817. The summed E-state index contributed by atoms with van der Waals surface area (Å²) in [7, 11) is 0. The van der Waals surface area contributed by atoms with Crippen molar-refractivity contribution < 1.29 is 19.4 Å². The van der Waals surface area contributed by atoms with Crippen molar-refractivity contribution in [2.24, 2.45) is 5.92 Å². The van der Waals surface area contributed by atoms with Gasteiger partial charge in [0.15, 0.2) is 6.10 Å². The molecule has 1 aliphatic carbocycles. The van der Waals surface area contributed by atoms with Crippen LogP contribution in [0, 0.1) is 5.92 Å². The second-order valence-corrected chi connectivity index (χ2v) is 6.32. The quantitative estimate of drug-likeness (QED) is 0.817. The molecule has 0 unspecified atom stereocenters. The Kier molecular flexibility index (Phi) is 6.03. The molecule has 2 atom stereocenters. The van der Waals surface area contributed by atoms with Crippen LogP contribution in [0.1, 0.15) is 58.3 Å². The van der Waals surface area contributed by atoms with Gasteiger partial charge in [0.1, 0.15) is 6.10 Å². The van der Waals surface area contributed by atoms with Crippen molar-refractivity contribution in [2.45, 2.75) is 70.5 Å². The van der Waals surface area contributed by atoms with Gasteiger partial charge in [0.25, 0.3) is 5.91 Å². The Hall–Kier alpha value is -1.10. The molecule has 1 amide bonds. The van der Waals surface area contributed by atoms with Gasteiger partial charge in [-0.3, -0.25) is 4.79 Å². The van der Waals surface area contributed by atoms with E-state index in [4.69, 9.17) is 9.84 Å². The molecule has 120 valence electrons. The van der Waals surface area contributed by atoms with Crippen LogP contribution in [0.4, 0.5) is 0 Å². The fourth-order valence-electron chi connectivity index (χ4n) is 3.45. The van der Waals surface area contributed by atoms with Crippen molar-refractivity contribution in [3.05, 3.63) is 0 Å². The van der Waals surface area contributed by atoms with Crippen LogP contribution in [-0.4, -0.2) is 47.2 Å². The Morgan fingerprint density at radius 3 is 2.33 bits per heavy atom. The van der Waals surface area contributed by atoms with Crippen molar-refractivity contribution in [3.63, 3.8) is 0 Å². The Balaban J connectivity index is 1.90.